The van der Waals surface area contributed by atoms with Gasteiger partial charge in [-0.3, -0.25) is 13.9 Å². The number of nitrogens with one attached hydrogen (secondary N) is 1. The minimum absolute atomic E-state index is 0.101. The zero-order chi connectivity index (χ0) is 17.9. The zero-order valence-electron chi connectivity index (χ0n) is 14.2. The first-order valence-corrected chi connectivity index (χ1v) is 9.64. The van der Waals surface area contributed by atoms with Gasteiger partial charge in [0.15, 0.2) is 0 Å². The van der Waals surface area contributed by atoms with Crippen LogP contribution in [0.4, 0.5) is 5.69 Å². The molecule has 132 valence electrons. The maximum absolute atomic E-state index is 12.6. The number of carbonyl (C=O) groups excluding carboxylic acids is 2. The molecule has 1 aliphatic rings. The third-order valence-corrected chi connectivity index (χ3v) is 5.17. The van der Waals surface area contributed by atoms with Crippen molar-refractivity contribution in [1.29, 1.82) is 0 Å². The maximum atomic E-state index is 12.6. The molecule has 1 saturated heterocycles. The second kappa shape index (κ2) is 7.21. The Kier molecular flexibility index (Phi) is 5.48. The fraction of sp³-hybridized carbons (Fsp3) is 0.500. The SMILES string of the molecule is Cc1ccc(N(CC(=O)N2CCC(=O)NC[C@@H]2C)S(C)(=O)=O)cc1. The van der Waals surface area contributed by atoms with E-state index < -0.39 is 10.0 Å². The first kappa shape index (κ1) is 18.3. The molecule has 0 aromatic heterocycles. The van der Waals surface area contributed by atoms with Crippen LogP contribution in [-0.4, -0.2) is 57.1 Å². The van der Waals surface area contributed by atoms with E-state index in [1.54, 1.807) is 29.2 Å². The molecular weight excluding hydrogens is 330 g/mol. The molecule has 0 spiro atoms. The van der Waals surface area contributed by atoms with Crippen LogP contribution >= 0.6 is 0 Å². The molecule has 1 fully saturated rings. The Balaban J connectivity index is 2.21. The molecule has 8 heteroatoms. The van der Waals surface area contributed by atoms with Crippen LogP contribution in [0.1, 0.15) is 18.9 Å². The quantitative estimate of drug-likeness (QED) is 0.854. The minimum Gasteiger partial charge on any atom is -0.354 e. The van der Waals surface area contributed by atoms with E-state index in [-0.39, 0.29) is 37.4 Å². The van der Waals surface area contributed by atoms with Crippen molar-refractivity contribution in [2.45, 2.75) is 26.3 Å². The summed E-state index contributed by atoms with van der Waals surface area (Å²) in [7, 11) is -3.60. The van der Waals surface area contributed by atoms with Gasteiger partial charge in [-0.25, -0.2) is 8.42 Å². The third-order valence-electron chi connectivity index (χ3n) is 4.03. The summed E-state index contributed by atoms with van der Waals surface area (Å²) in [6, 6.07) is 6.79. The molecule has 1 aromatic rings. The fourth-order valence-electron chi connectivity index (χ4n) is 2.60. The van der Waals surface area contributed by atoms with Crippen molar-refractivity contribution in [2.75, 3.05) is 30.2 Å². The number of amides is 2. The molecule has 2 amide bonds. The predicted molar refractivity (Wildman–Crippen MR) is 92.2 cm³/mol. The topological polar surface area (TPSA) is 86.8 Å². The van der Waals surface area contributed by atoms with Crippen molar-refractivity contribution in [2.24, 2.45) is 0 Å². The highest BCUT2D eigenvalue weighted by atomic mass is 32.2. The minimum atomic E-state index is -3.60. The summed E-state index contributed by atoms with van der Waals surface area (Å²) in [4.78, 5) is 25.7. The molecule has 0 bridgehead atoms. The van der Waals surface area contributed by atoms with Crippen molar-refractivity contribution >= 4 is 27.5 Å². The number of anilines is 1. The average Bonchev–Trinajstić information content (AvgIpc) is 2.66. The number of sulfonamides is 1. The van der Waals surface area contributed by atoms with Gasteiger partial charge in [-0.2, -0.15) is 0 Å². The molecule has 1 aliphatic heterocycles. The number of aryl methyl sites for hydroxylation is 1. The van der Waals surface area contributed by atoms with E-state index in [9.17, 15) is 18.0 Å². The van der Waals surface area contributed by atoms with E-state index >= 15 is 0 Å². The molecule has 24 heavy (non-hydrogen) atoms. The normalized spacial score (nSPS) is 18.7. The second-order valence-corrected chi connectivity index (χ2v) is 8.00. The summed E-state index contributed by atoms with van der Waals surface area (Å²) in [5.74, 6) is -0.416. The first-order chi connectivity index (χ1) is 11.2. The highest BCUT2D eigenvalue weighted by Gasteiger charge is 2.28. The lowest BCUT2D eigenvalue weighted by atomic mass is 10.2. The smallest absolute Gasteiger partial charge is 0.243 e. The lowest BCUT2D eigenvalue weighted by Gasteiger charge is -2.30. The average molecular weight is 353 g/mol. The van der Waals surface area contributed by atoms with Gasteiger partial charge >= 0.3 is 0 Å². The maximum Gasteiger partial charge on any atom is 0.243 e. The van der Waals surface area contributed by atoms with Gasteiger partial charge in [0.05, 0.1) is 11.9 Å². The molecule has 7 nitrogen and oxygen atoms in total. The lowest BCUT2D eigenvalue weighted by molar-refractivity contribution is -0.131. The van der Waals surface area contributed by atoms with Crippen LogP contribution in [-0.2, 0) is 19.6 Å². The molecular formula is C16H23N3O4S. The van der Waals surface area contributed by atoms with Crippen molar-refractivity contribution in [3.8, 4) is 0 Å². The van der Waals surface area contributed by atoms with Gasteiger partial charge in [0.25, 0.3) is 0 Å². The van der Waals surface area contributed by atoms with E-state index in [2.05, 4.69) is 5.32 Å². The van der Waals surface area contributed by atoms with E-state index in [0.29, 0.717) is 12.2 Å². The number of carbonyl (C=O) groups is 2. The van der Waals surface area contributed by atoms with Crippen LogP contribution in [0.25, 0.3) is 0 Å². The fourth-order valence-corrected chi connectivity index (χ4v) is 3.45. The van der Waals surface area contributed by atoms with E-state index in [0.717, 1.165) is 16.1 Å². The Morgan fingerprint density at radius 1 is 1.33 bits per heavy atom. The van der Waals surface area contributed by atoms with Gasteiger partial charge in [0.1, 0.15) is 6.54 Å². The number of rotatable bonds is 4. The Morgan fingerprint density at radius 3 is 2.54 bits per heavy atom. The van der Waals surface area contributed by atoms with Crippen LogP contribution in [0.2, 0.25) is 0 Å². The monoisotopic (exact) mass is 353 g/mol. The Hall–Kier alpha value is -2.09. The number of hydrogen-bond donors (Lipinski definition) is 1. The molecule has 1 N–H and O–H groups in total. The van der Waals surface area contributed by atoms with E-state index in [1.165, 1.54) is 0 Å². The molecule has 0 aliphatic carbocycles. The molecule has 0 unspecified atom stereocenters. The van der Waals surface area contributed by atoms with Crippen molar-refractivity contribution in [3.63, 3.8) is 0 Å². The van der Waals surface area contributed by atoms with Crippen LogP contribution in [0, 0.1) is 6.92 Å². The summed E-state index contributed by atoms with van der Waals surface area (Å²) in [5.41, 5.74) is 1.46. The van der Waals surface area contributed by atoms with Crippen LogP contribution in [0.15, 0.2) is 24.3 Å². The standard InChI is InChI=1S/C16H23N3O4S/c1-12-4-6-14(7-5-12)19(24(3,22)23)11-16(21)18-9-8-15(20)17-10-13(18)2/h4-7,13H,8-11H2,1-3H3,(H,17,20)/t13-/m0/s1. The molecule has 2 rings (SSSR count). The van der Waals surface area contributed by atoms with Gasteiger partial charge in [-0.05, 0) is 26.0 Å². The molecule has 1 atom stereocenters. The summed E-state index contributed by atoms with van der Waals surface area (Å²) in [5, 5.41) is 2.74. The predicted octanol–water partition coefficient (Wildman–Crippen LogP) is 0.498. The first-order valence-electron chi connectivity index (χ1n) is 7.79. The Labute approximate surface area is 142 Å². The van der Waals surface area contributed by atoms with Crippen LogP contribution in [0.3, 0.4) is 0 Å². The van der Waals surface area contributed by atoms with Gasteiger partial charge in [-0.15, -0.1) is 0 Å². The van der Waals surface area contributed by atoms with Crippen LogP contribution < -0.4 is 9.62 Å². The molecule has 1 heterocycles. The molecule has 1 aromatic carbocycles. The lowest BCUT2D eigenvalue weighted by Crippen LogP contribution is -2.47. The van der Waals surface area contributed by atoms with Crippen molar-refractivity contribution < 1.29 is 18.0 Å². The molecule has 0 saturated carbocycles. The highest BCUT2D eigenvalue weighted by molar-refractivity contribution is 7.92. The summed E-state index contributed by atoms with van der Waals surface area (Å²) in [6.45, 7) is 4.12. The number of nitrogens with zero attached hydrogens (tertiary/aromatic N) is 2. The van der Waals surface area contributed by atoms with Gasteiger partial charge in [-0.1, -0.05) is 17.7 Å². The number of benzene rings is 1. The third kappa shape index (κ3) is 4.47. The Morgan fingerprint density at radius 2 is 1.96 bits per heavy atom. The number of hydrogen-bond acceptors (Lipinski definition) is 4. The summed E-state index contributed by atoms with van der Waals surface area (Å²) < 4.78 is 25.3. The van der Waals surface area contributed by atoms with Crippen molar-refractivity contribution in [3.05, 3.63) is 29.8 Å². The molecule has 0 radical (unpaired) electrons. The zero-order valence-corrected chi connectivity index (χ0v) is 15.0. The van der Waals surface area contributed by atoms with Crippen LogP contribution in [0.5, 0.6) is 0 Å². The summed E-state index contributed by atoms with van der Waals surface area (Å²) >= 11 is 0. The van der Waals surface area contributed by atoms with Crippen molar-refractivity contribution in [1.82, 2.24) is 10.2 Å². The largest absolute Gasteiger partial charge is 0.354 e. The van der Waals surface area contributed by atoms with Gasteiger partial charge in [0.2, 0.25) is 21.8 Å². The second-order valence-electron chi connectivity index (χ2n) is 6.10. The van der Waals surface area contributed by atoms with Gasteiger partial charge in [0, 0.05) is 25.6 Å². The highest BCUT2D eigenvalue weighted by Crippen LogP contribution is 2.19. The van der Waals surface area contributed by atoms with E-state index in [4.69, 9.17) is 0 Å². The van der Waals surface area contributed by atoms with Gasteiger partial charge < -0.3 is 10.2 Å². The van der Waals surface area contributed by atoms with E-state index in [1.807, 2.05) is 13.8 Å². The summed E-state index contributed by atoms with van der Waals surface area (Å²) in [6.07, 6.45) is 1.30. The Bertz CT molecular complexity index is 715.